The van der Waals surface area contributed by atoms with E-state index in [0.29, 0.717) is 12.1 Å². The van der Waals surface area contributed by atoms with Crippen molar-refractivity contribution in [3.63, 3.8) is 0 Å². The van der Waals surface area contributed by atoms with E-state index in [4.69, 9.17) is 10.5 Å². The van der Waals surface area contributed by atoms with Crippen molar-refractivity contribution in [1.29, 1.82) is 0 Å². The smallest absolute Gasteiger partial charge is 0.0543 e. The number of hydrogen-bond acceptors (Lipinski definition) is 2. The van der Waals surface area contributed by atoms with E-state index in [-0.39, 0.29) is 0 Å². The van der Waals surface area contributed by atoms with Crippen molar-refractivity contribution in [2.75, 3.05) is 7.11 Å². The molecule has 16 heavy (non-hydrogen) atoms. The summed E-state index contributed by atoms with van der Waals surface area (Å²) in [4.78, 5) is 0. The van der Waals surface area contributed by atoms with Crippen molar-refractivity contribution in [3.8, 4) is 0 Å². The Morgan fingerprint density at radius 3 is 2.56 bits per heavy atom. The summed E-state index contributed by atoms with van der Waals surface area (Å²) < 4.78 is 5.29. The summed E-state index contributed by atoms with van der Waals surface area (Å²) in [7, 11) is 1.78. The van der Waals surface area contributed by atoms with Crippen LogP contribution in [0.15, 0.2) is 0 Å². The largest absolute Gasteiger partial charge is 0.382 e. The molecule has 4 unspecified atom stereocenters. The van der Waals surface area contributed by atoms with Crippen LogP contribution in [0.2, 0.25) is 0 Å². The lowest BCUT2D eigenvalue weighted by Crippen LogP contribution is -2.37. The zero-order valence-corrected chi connectivity index (χ0v) is 11.2. The highest BCUT2D eigenvalue weighted by atomic mass is 16.5. The molecule has 0 aliphatic heterocycles. The summed E-state index contributed by atoms with van der Waals surface area (Å²) in [6, 6.07) is 0.392. The van der Waals surface area contributed by atoms with Crippen LogP contribution in [0.25, 0.3) is 0 Å². The molecule has 96 valence electrons. The lowest BCUT2D eigenvalue weighted by atomic mass is 9.73. The average Bonchev–Trinajstić information content (AvgIpc) is 2.35. The normalized spacial score (nSPS) is 30.0. The van der Waals surface area contributed by atoms with Crippen LogP contribution in [0, 0.1) is 11.8 Å². The van der Waals surface area contributed by atoms with Crippen LogP contribution >= 0.6 is 0 Å². The molecule has 0 aromatic heterocycles. The lowest BCUT2D eigenvalue weighted by molar-refractivity contribution is 0.0996. The molecule has 1 fully saturated rings. The molecular formula is C14H29NO. The molecule has 0 aromatic rings. The predicted octanol–water partition coefficient (Wildman–Crippen LogP) is 3.35. The molecular weight excluding hydrogens is 198 g/mol. The molecule has 1 aliphatic carbocycles. The van der Waals surface area contributed by atoms with Crippen molar-refractivity contribution in [2.24, 2.45) is 17.6 Å². The maximum atomic E-state index is 6.36. The monoisotopic (exact) mass is 227 g/mol. The molecule has 0 heterocycles. The van der Waals surface area contributed by atoms with Gasteiger partial charge in [0.05, 0.1) is 6.10 Å². The molecule has 1 saturated carbocycles. The third-order valence-electron chi connectivity index (χ3n) is 4.35. The zero-order valence-electron chi connectivity index (χ0n) is 11.2. The molecule has 4 atom stereocenters. The average molecular weight is 227 g/mol. The van der Waals surface area contributed by atoms with E-state index in [1.807, 2.05) is 0 Å². The first kappa shape index (κ1) is 14.0. The molecule has 0 saturated heterocycles. The Bertz CT molecular complexity index is 184. The number of ether oxygens (including phenoxy) is 1. The highest BCUT2D eigenvalue weighted by Gasteiger charge is 2.28. The molecule has 0 bridgehead atoms. The number of hydrogen-bond donors (Lipinski definition) is 1. The van der Waals surface area contributed by atoms with Crippen molar-refractivity contribution in [1.82, 2.24) is 0 Å². The van der Waals surface area contributed by atoms with E-state index in [0.717, 1.165) is 24.7 Å². The maximum Gasteiger partial charge on any atom is 0.0543 e. The predicted molar refractivity (Wildman–Crippen MR) is 69.4 cm³/mol. The minimum Gasteiger partial charge on any atom is -0.382 e. The minimum absolute atomic E-state index is 0.356. The SMILES string of the molecule is CCC1CCCCC1C(N)CCC(C)OC. The minimum atomic E-state index is 0.356. The molecule has 0 spiro atoms. The van der Waals surface area contributed by atoms with Gasteiger partial charge in [-0.15, -0.1) is 0 Å². The van der Waals surface area contributed by atoms with E-state index in [1.54, 1.807) is 7.11 Å². The van der Waals surface area contributed by atoms with Gasteiger partial charge >= 0.3 is 0 Å². The van der Waals surface area contributed by atoms with Gasteiger partial charge in [-0.1, -0.05) is 32.6 Å². The highest BCUT2D eigenvalue weighted by molar-refractivity contribution is 4.82. The summed E-state index contributed by atoms with van der Waals surface area (Å²) in [6.07, 6.45) is 9.43. The second-order valence-corrected chi connectivity index (χ2v) is 5.40. The number of rotatable bonds is 6. The van der Waals surface area contributed by atoms with Crippen LogP contribution < -0.4 is 5.73 Å². The lowest BCUT2D eigenvalue weighted by Gasteiger charge is -2.35. The molecule has 2 heteroatoms. The Hall–Kier alpha value is -0.0800. The third-order valence-corrected chi connectivity index (χ3v) is 4.35. The molecule has 2 nitrogen and oxygen atoms in total. The molecule has 0 aromatic carbocycles. The summed E-state index contributed by atoms with van der Waals surface area (Å²) in [6.45, 7) is 4.44. The second-order valence-electron chi connectivity index (χ2n) is 5.40. The van der Waals surface area contributed by atoms with Gasteiger partial charge in [0.1, 0.15) is 0 Å². The van der Waals surface area contributed by atoms with Crippen molar-refractivity contribution >= 4 is 0 Å². The summed E-state index contributed by atoms with van der Waals surface area (Å²) in [5.41, 5.74) is 6.36. The molecule has 2 N–H and O–H groups in total. The van der Waals surface area contributed by atoms with Gasteiger partial charge in [0.15, 0.2) is 0 Å². The number of nitrogens with two attached hydrogens (primary N) is 1. The first-order valence-electron chi connectivity index (χ1n) is 6.97. The van der Waals surface area contributed by atoms with E-state index >= 15 is 0 Å². The summed E-state index contributed by atoms with van der Waals surface area (Å²) >= 11 is 0. The molecule has 1 rings (SSSR count). The van der Waals surface area contributed by atoms with Crippen LogP contribution in [-0.4, -0.2) is 19.3 Å². The molecule has 0 radical (unpaired) electrons. The fourth-order valence-electron chi connectivity index (χ4n) is 3.07. The van der Waals surface area contributed by atoms with Crippen molar-refractivity contribution in [2.45, 2.75) is 70.9 Å². The van der Waals surface area contributed by atoms with Crippen molar-refractivity contribution in [3.05, 3.63) is 0 Å². The molecule has 1 aliphatic rings. The second kappa shape index (κ2) is 7.29. The van der Waals surface area contributed by atoms with Gasteiger partial charge in [0.2, 0.25) is 0 Å². The highest BCUT2D eigenvalue weighted by Crippen LogP contribution is 2.35. The Morgan fingerprint density at radius 2 is 1.94 bits per heavy atom. The Morgan fingerprint density at radius 1 is 1.25 bits per heavy atom. The van der Waals surface area contributed by atoms with Gasteiger partial charge in [-0.3, -0.25) is 0 Å². The van der Waals surface area contributed by atoms with E-state index < -0.39 is 0 Å². The number of methoxy groups -OCH3 is 1. The quantitative estimate of drug-likeness (QED) is 0.755. The zero-order chi connectivity index (χ0) is 12.0. The van der Waals surface area contributed by atoms with Gasteiger partial charge in [0.25, 0.3) is 0 Å². The fraction of sp³-hybridized carbons (Fsp3) is 1.00. The maximum absolute atomic E-state index is 6.36. The van der Waals surface area contributed by atoms with Crippen LogP contribution in [0.4, 0.5) is 0 Å². The van der Waals surface area contributed by atoms with Crippen LogP contribution in [0.3, 0.4) is 0 Å². The fourth-order valence-corrected chi connectivity index (χ4v) is 3.07. The topological polar surface area (TPSA) is 35.2 Å². The first-order valence-corrected chi connectivity index (χ1v) is 6.97. The Labute approximate surface area is 101 Å². The van der Waals surface area contributed by atoms with Gasteiger partial charge in [0, 0.05) is 13.2 Å². The van der Waals surface area contributed by atoms with Gasteiger partial charge in [-0.2, -0.15) is 0 Å². The van der Waals surface area contributed by atoms with Gasteiger partial charge < -0.3 is 10.5 Å². The van der Waals surface area contributed by atoms with Gasteiger partial charge in [-0.05, 0) is 38.0 Å². The first-order chi connectivity index (χ1) is 7.69. The third kappa shape index (κ3) is 4.06. The van der Waals surface area contributed by atoms with E-state index in [1.165, 1.54) is 32.1 Å². The standard InChI is InChI=1S/C14H29NO/c1-4-12-7-5-6-8-13(12)14(15)10-9-11(2)16-3/h11-14H,4-10,15H2,1-3H3. The van der Waals surface area contributed by atoms with E-state index in [2.05, 4.69) is 13.8 Å². The van der Waals surface area contributed by atoms with Crippen LogP contribution in [0.5, 0.6) is 0 Å². The van der Waals surface area contributed by atoms with Gasteiger partial charge in [-0.25, -0.2) is 0 Å². The van der Waals surface area contributed by atoms with Crippen LogP contribution in [-0.2, 0) is 4.74 Å². The Balaban J connectivity index is 2.35. The van der Waals surface area contributed by atoms with Crippen molar-refractivity contribution < 1.29 is 4.74 Å². The van der Waals surface area contributed by atoms with E-state index in [9.17, 15) is 0 Å². The van der Waals surface area contributed by atoms with Crippen LogP contribution in [0.1, 0.15) is 58.8 Å². The Kier molecular flexibility index (Phi) is 6.37. The summed E-state index contributed by atoms with van der Waals surface area (Å²) in [5.74, 6) is 1.64. The molecule has 0 amide bonds. The summed E-state index contributed by atoms with van der Waals surface area (Å²) in [5, 5.41) is 0.